The summed E-state index contributed by atoms with van der Waals surface area (Å²) >= 11 is 5.86. The number of nitrogens with one attached hydrogen (secondary N) is 1. The van der Waals surface area contributed by atoms with Crippen LogP contribution in [0.3, 0.4) is 0 Å². The SMILES string of the molecule is CCc1ccc(N2C[C@H](C(=O)OCC(=O)Nc3cccc(Cl)c3)CC2=O)cc1. The second kappa shape index (κ2) is 8.89. The molecule has 7 heteroatoms. The van der Waals surface area contributed by atoms with Crippen LogP contribution in [-0.2, 0) is 25.5 Å². The number of nitrogens with zero attached hydrogens (tertiary/aromatic N) is 1. The van der Waals surface area contributed by atoms with Gasteiger partial charge in [0.25, 0.3) is 5.91 Å². The average Bonchev–Trinajstić information content (AvgIpc) is 3.08. The lowest BCUT2D eigenvalue weighted by Crippen LogP contribution is -2.28. The van der Waals surface area contributed by atoms with Gasteiger partial charge in [-0.3, -0.25) is 14.4 Å². The van der Waals surface area contributed by atoms with Crippen molar-refractivity contribution in [2.24, 2.45) is 5.92 Å². The molecule has 6 nitrogen and oxygen atoms in total. The van der Waals surface area contributed by atoms with E-state index < -0.39 is 24.4 Å². The number of hydrogen-bond donors (Lipinski definition) is 1. The highest BCUT2D eigenvalue weighted by molar-refractivity contribution is 6.30. The maximum absolute atomic E-state index is 12.3. The van der Waals surface area contributed by atoms with Crippen LogP contribution in [0.4, 0.5) is 11.4 Å². The van der Waals surface area contributed by atoms with E-state index in [1.807, 2.05) is 24.3 Å². The smallest absolute Gasteiger partial charge is 0.311 e. The van der Waals surface area contributed by atoms with Gasteiger partial charge in [0.15, 0.2) is 6.61 Å². The number of benzene rings is 2. The fraction of sp³-hybridized carbons (Fsp3) is 0.286. The summed E-state index contributed by atoms with van der Waals surface area (Å²) in [7, 11) is 0. The predicted molar refractivity (Wildman–Crippen MR) is 107 cm³/mol. The largest absolute Gasteiger partial charge is 0.455 e. The summed E-state index contributed by atoms with van der Waals surface area (Å²) in [6.45, 7) is 1.89. The third kappa shape index (κ3) is 4.89. The van der Waals surface area contributed by atoms with Gasteiger partial charge in [-0.15, -0.1) is 0 Å². The zero-order valence-corrected chi connectivity index (χ0v) is 16.2. The summed E-state index contributed by atoms with van der Waals surface area (Å²) < 4.78 is 5.10. The third-order valence-electron chi connectivity index (χ3n) is 4.57. The van der Waals surface area contributed by atoms with Crippen LogP contribution in [0.1, 0.15) is 18.9 Å². The van der Waals surface area contributed by atoms with E-state index in [4.69, 9.17) is 16.3 Å². The molecular weight excluding hydrogens is 380 g/mol. The van der Waals surface area contributed by atoms with Crippen LogP contribution in [0.25, 0.3) is 0 Å². The van der Waals surface area contributed by atoms with Crippen LogP contribution < -0.4 is 10.2 Å². The Bertz CT molecular complexity index is 882. The van der Waals surface area contributed by atoms with Gasteiger partial charge in [-0.05, 0) is 42.3 Å². The van der Waals surface area contributed by atoms with Crippen LogP contribution in [0, 0.1) is 5.92 Å². The number of aryl methyl sites for hydroxylation is 1. The highest BCUT2D eigenvalue weighted by Crippen LogP contribution is 2.26. The van der Waals surface area contributed by atoms with Crippen molar-refractivity contribution < 1.29 is 19.1 Å². The fourth-order valence-corrected chi connectivity index (χ4v) is 3.23. The monoisotopic (exact) mass is 400 g/mol. The Hall–Kier alpha value is -2.86. The quantitative estimate of drug-likeness (QED) is 0.753. The van der Waals surface area contributed by atoms with E-state index in [0.29, 0.717) is 10.7 Å². The van der Waals surface area contributed by atoms with E-state index in [1.165, 1.54) is 5.56 Å². The molecule has 0 aromatic heterocycles. The average molecular weight is 401 g/mol. The Morgan fingerprint density at radius 3 is 2.64 bits per heavy atom. The van der Waals surface area contributed by atoms with Crippen molar-refractivity contribution in [3.8, 4) is 0 Å². The molecule has 3 rings (SSSR count). The molecule has 1 atom stereocenters. The molecule has 0 aliphatic carbocycles. The second-order valence-electron chi connectivity index (χ2n) is 6.59. The summed E-state index contributed by atoms with van der Waals surface area (Å²) in [5.74, 6) is -1.74. The zero-order chi connectivity index (χ0) is 20.1. The number of amides is 2. The van der Waals surface area contributed by atoms with Crippen molar-refractivity contribution in [2.75, 3.05) is 23.4 Å². The van der Waals surface area contributed by atoms with Crippen molar-refractivity contribution in [1.82, 2.24) is 0 Å². The van der Waals surface area contributed by atoms with Crippen molar-refractivity contribution >= 4 is 40.8 Å². The van der Waals surface area contributed by atoms with Crippen molar-refractivity contribution in [1.29, 1.82) is 0 Å². The molecule has 0 radical (unpaired) electrons. The Labute approximate surface area is 168 Å². The minimum Gasteiger partial charge on any atom is -0.455 e. The van der Waals surface area contributed by atoms with E-state index in [2.05, 4.69) is 12.2 Å². The molecule has 1 aliphatic heterocycles. The summed E-state index contributed by atoms with van der Waals surface area (Å²) in [5, 5.41) is 3.10. The highest BCUT2D eigenvalue weighted by atomic mass is 35.5. The van der Waals surface area contributed by atoms with E-state index in [-0.39, 0.29) is 18.9 Å². The molecule has 0 unspecified atom stereocenters. The lowest BCUT2D eigenvalue weighted by Gasteiger charge is -2.17. The molecule has 2 amide bonds. The number of carbonyl (C=O) groups excluding carboxylic acids is 3. The van der Waals surface area contributed by atoms with Gasteiger partial charge in [0, 0.05) is 29.4 Å². The fourth-order valence-electron chi connectivity index (χ4n) is 3.04. The number of hydrogen-bond acceptors (Lipinski definition) is 4. The molecule has 1 heterocycles. The van der Waals surface area contributed by atoms with Crippen LogP contribution in [0.15, 0.2) is 48.5 Å². The lowest BCUT2D eigenvalue weighted by atomic mass is 10.1. The van der Waals surface area contributed by atoms with Gasteiger partial charge >= 0.3 is 5.97 Å². The van der Waals surface area contributed by atoms with Gasteiger partial charge in [0.05, 0.1) is 5.92 Å². The van der Waals surface area contributed by atoms with E-state index in [0.717, 1.165) is 12.1 Å². The molecule has 2 aromatic carbocycles. The first-order chi connectivity index (χ1) is 13.5. The summed E-state index contributed by atoms with van der Waals surface area (Å²) in [6.07, 6.45) is 0.991. The topological polar surface area (TPSA) is 75.7 Å². The predicted octanol–water partition coefficient (Wildman–Crippen LogP) is 3.44. The molecule has 2 aromatic rings. The Balaban J connectivity index is 1.52. The van der Waals surface area contributed by atoms with Gasteiger partial charge in [-0.25, -0.2) is 0 Å². The number of esters is 1. The van der Waals surface area contributed by atoms with Crippen molar-refractivity contribution in [3.63, 3.8) is 0 Å². The number of ether oxygens (including phenoxy) is 1. The molecule has 146 valence electrons. The van der Waals surface area contributed by atoms with Gasteiger partial charge in [-0.2, -0.15) is 0 Å². The molecule has 28 heavy (non-hydrogen) atoms. The Morgan fingerprint density at radius 2 is 1.96 bits per heavy atom. The van der Waals surface area contributed by atoms with Gasteiger partial charge in [0.2, 0.25) is 5.91 Å². The summed E-state index contributed by atoms with van der Waals surface area (Å²) in [4.78, 5) is 38.1. The van der Waals surface area contributed by atoms with Crippen LogP contribution in [-0.4, -0.2) is 30.9 Å². The molecule has 1 saturated heterocycles. The summed E-state index contributed by atoms with van der Waals surface area (Å²) in [6, 6.07) is 14.4. The number of halogens is 1. The van der Waals surface area contributed by atoms with Gasteiger partial charge in [0.1, 0.15) is 0 Å². The standard InChI is InChI=1S/C21H21ClN2O4/c1-2-14-6-8-18(9-7-14)24-12-15(10-20(24)26)21(27)28-13-19(25)23-17-5-3-4-16(22)11-17/h3-9,11,15H,2,10,12-13H2,1H3,(H,23,25)/t15-/m1/s1. The zero-order valence-electron chi connectivity index (χ0n) is 15.5. The minimum atomic E-state index is -0.586. The minimum absolute atomic E-state index is 0.0737. The first-order valence-corrected chi connectivity index (χ1v) is 9.45. The lowest BCUT2D eigenvalue weighted by molar-refractivity contribution is -0.151. The first kappa shape index (κ1) is 19.9. The molecule has 0 bridgehead atoms. The number of anilines is 2. The Kier molecular flexibility index (Phi) is 6.31. The molecule has 0 spiro atoms. The first-order valence-electron chi connectivity index (χ1n) is 9.07. The molecule has 1 fully saturated rings. The van der Waals surface area contributed by atoms with Gasteiger partial charge < -0.3 is 15.0 Å². The molecule has 0 saturated carbocycles. The van der Waals surface area contributed by atoms with Crippen LogP contribution >= 0.6 is 11.6 Å². The number of carbonyl (C=O) groups is 3. The van der Waals surface area contributed by atoms with Crippen molar-refractivity contribution in [2.45, 2.75) is 19.8 Å². The van der Waals surface area contributed by atoms with E-state index >= 15 is 0 Å². The molecule has 1 aliphatic rings. The van der Waals surface area contributed by atoms with Crippen molar-refractivity contribution in [3.05, 3.63) is 59.1 Å². The third-order valence-corrected chi connectivity index (χ3v) is 4.80. The normalized spacial score (nSPS) is 16.1. The Morgan fingerprint density at radius 1 is 1.21 bits per heavy atom. The van der Waals surface area contributed by atoms with E-state index in [9.17, 15) is 14.4 Å². The number of rotatable bonds is 6. The maximum atomic E-state index is 12.3. The van der Waals surface area contributed by atoms with E-state index in [1.54, 1.807) is 29.2 Å². The van der Waals surface area contributed by atoms with Gasteiger partial charge in [-0.1, -0.05) is 36.7 Å². The maximum Gasteiger partial charge on any atom is 0.311 e. The molecular formula is C21H21ClN2O4. The second-order valence-corrected chi connectivity index (χ2v) is 7.03. The molecule has 1 N–H and O–H groups in total. The van der Waals surface area contributed by atoms with Crippen LogP contribution in [0.5, 0.6) is 0 Å². The van der Waals surface area contributed by atoms with Crippen LogP contribution in [0.2, 0.25) is 5.02 Å². The summed E-state index contributed by atoms with van der Waals surface area (Å²) in [5.41, 5.74) is 2.46. The highest BCUT2D eigenvalue weighted by Gasteiger charge is 2.36.